The number of nitrogens with zero attached hydrogens (tertiary/aromatic N) is 2. The highest BCUT2D eigenvalue weighted by atomic mass is 32.2. The molecule has 0 saturated heterocycles. The first kappa shape index (κ1) is 22.7. The van der Waals surface area contributed by atoms with Gasteiger partial charge in [-0.15, -0.1) is 11.8 Å². The van der Waals surface area contributed by atoms with E-state index in [9.17, 15) is 22.8 Å². The van der Waals surface area contributed by atoms with Crippen molar-refractivity contribution < 1.29 is 27.6 Å². The molecule has 3 heterocycles. The second-order valence-corrected chi connectivity index (χ2v) is 7.96. The summed E-state index contributed by atoms with van der Waals surface area (Å²) in [6, 6.07) is 12.4. The molecule has 170 valence electrons. The zero-order valence-corrected chi connectivity index (χ0v) is 18.2. The van der Waals surface area contributed by atoms with E-state index in [1.165, 1.54) is 12.3 Å². The van der Waals surface area contributed by atoms with Gasteiger partial charge >= 0.3 is 12.1 Å². The molecule has 4 rings (SSSR count). The molecule has 0 unspecified atom stereocenters. The van der Waals surface area contributed by atoms with E-state index in [2.05, 4.69) is 15.1 Å². The number of hydrogen-bond acceptors (Lipinski definition) is 5. The van der Waals surface area contributed by atoms with Gasteiger partial charge in [-0.25, -0.2) is 4.79 Å². The monoisotopic (exact) mass is 473 g/mol. The zero-order chi connectivity index (χ0) is 23.6. The number of alkyl halides is 3. The van der Waals surface area contributed by atoms with Gasteiger partial charge in [0.1, 0.15) is 0 Å². The summed E-state index contributed by atoms with van der Waals surface area (Å²) >= 11 is 1.60. The van der Waals surface area contributed by atoms with Gasteiger partial charge in [0.2, 0.25) is 0 Å². The average molecular weight is 473 g/mol. The average Bonchev–Trinajstić information content (AvgIpc) is 3.17. The van der Waals surface area contributed by atoms with E-state index in [0.717, 1.165) is 15.2 Å². The molecule has 1 N–H and O–H groups in total. The van der Waals surface area contributed by atoms with Gasteiger partial charge in [-0.3, -0.25) is 9.78 Å². The van der Waals surface area contributed by atoms with Crippen molar-refractivity contribution in [1.29, 1.82) is 0 Å². The lowest BCUT2D eigenvalue weighted by Gasteiger charge is -2.17. The van der Waals surface area contributed by atoms with Crippen molar-refractivity contribution >= 4 is 35.8 Å². The summed E-state index contributed by atoms with van der Waals surface area (Å²) in [4.78, 5) is 33.9. The van der Waals surface area contributed by atoms with E-state index >= 15 is 0 Å². The second-order valence-electron chi connectivity index (χ2n) is 7.11. The number of amides is 1. The highest BCUT2D eigenvalue weighted by Gasteiger charge is 2.43. The van der Waals surface area contributed by atoms with E-state index in [4.69, 9.17) is 0 Å². The lowest BCUT2D eigenvalue weighted by molar-refractivity contribution is -0.199. The predicted octanol–water partition coefficient (Wildman–Crippen LogP) is 4.25. The third kappa shape index (κ3) is 4.80. The maximum atomic E-state index is 12.9. The summed E-state index contributed by atoms with van der Waals surface area (Å²) in [5, 5.41) is 2.63. The summed E-state index contributed by atoms with van der Waals surface area (Å²) in [6.45, 7) is 0.220. The van der Waals surface area contributed by atoms with Crippen molar-refractivity contribution in [2.45, 2.75) is 17.5 Å². The number of aromatic nitrogens is 2. The third-order valence-corrected chi connectivity index (χ3v) is 5.81. The predicted molar refractivity (Wildman–Crippen MR) is 118 cm³/mol. The molecule has 0 spiro atoms. The van der Waals surface area contributed by atoms with Crippen LogP contribution in [0.3, 0.4) is 0 Å². The molecule has 1 amide bonds. The first-order chi connectivity index (χ1) is 15.8. The van der Waals surface area contributed by atoms with Crippen molar-refractivity contribution in [2.75, 3.05) is 12.8 Å². The number of halogens is 3. The highest BCUT2D eigenvalue weighted by Crippen LogP contribution is 2.29. The highest BCUT2D eigenvalue weighted by molar-refractivity contribution is 7.98. The molecule has 0 fully saturated rings. The van der Waals surface area contributed by atoms with Crippen LogP contribution in [-0.4, -0.2) is 40.6 Å². The Labute approximate surface area is 191 Å². The largest absolute Gasteiger partial charge is 0.493 e. The van der Waals surface area contributed by atoms with Crippen LogP contribution in [0, 0.1) is 0 Å². The van der Waals surface area contributed by atoms with Crippen molar-refractivity contribution in [3.8, 4) is 11.3 Å². The van der Waals surface area contributed by atoms with Gasteiger partial charge in [0.25, 0.3) is 5.91 Å². The number of fused-ring (bicyclic) bond motifs is 1. The summed E-state index contributed by atoms with van der Waals surface area (Å²) in [6.07, 6.45) is 2.17. The summed E-state index contributed by atoms with van der Waals surface area (Å²) < 4.78 is 39.5. The molecule has 0 radical (unpaired) electrons. The minimum atomic E-state index is -5.18. The third-order valence-electron chi connectivity index (χ3n) is 5.00. The summed E-state index contributed by atoms with van der Waals surface area (Å²) in [7, 11) is 0. The van der Waals surface area contributed by atoms with E-state index in [0.29, 0.717) is 11.3 Å². The van der Waals surface area contributed by atoms with E-state index < -0.39 is 18.1 Å². The van der Waals surface area contributed by atoms with Crippen molar-refractivity contribution in [3.63, 3.8) is 0 Å². The van der Waals surface area contributed by atoms with Crippen LogP contribution in [0.1, 0.15) is 27.3 Å². The number of nitrogens with one attached hydrogen (secondary N) is 1. The van der Waals surface area contributed by atoms with Crippen molar-refractivity contribution in [3.05, 3.63) is 71.2 Å². The van der Waals surface area contributed by atoms with E-state index in [1.807, 2.05) is 36.6 Å². The Morgan fingerprint density at radius 1 is 1.21 bits per heavy atom. The number of rotatable bonds is 5. The maximum absolute atomic E-state index is 12.9. The minimum absolute atomic E-state index is 0.149. The number of carbonyl (C=O) groups excluding carboxylic acids is 2. The van der Waals surface area contributed by atoms with Crippen LogP contribution in [0.4, 0.5) is 13.2 Å². The van der Waals surface area contributed by atoms with Gasteiger partial charge in [-0.2, -0.15) is 17.9 Å². The Kier molecular flexibility index (Phi) is 6.28. The fraction of sp³-hybridized carbons (Fsp3) is 0.174. The van der Waals surface area contributed by atoms with Crippen molar-refractivity contribution in [1.82, 2.24) is 15.0 Å². The van der Waals surface area contributed by atoms with Crippen LogP contribution in [0.5, 0.6) is 0 Å². The van der Waals surface area contributed by atoms with Gasteiger partial charge in [0, 0.05) is 29.6 Å². The molecule has 0 saturated carbocycles. The Bertz CT molecular complexity index is 1250. The summed E-state index contributed by atoms with van der Waals surface area (Å²) in [5.74, 6) is -2.81. The molecule has 1 aliphatic heterocycles. The summed E-state index contributed by atoms with van der Waals surface area (Å²) in [5.41, 5.74) is 2.49. The first-order valence-corrected chi connectivity index (χ1v) is 11.1. The van der Waals surface area contributed by atoms with Gasteiger partial charge in [-0.1, -0.05) is 24.3 Å². The molecule has 6 nitrogen and oxygen atoms in total. The number of thioether (sulfide) groups is 1. The van der Waals surface area contributed by atoms with Crippen LogP contribution in [-0.2, 0) is 11.2 Å². The standard InChI is InChI=1S/C23H18F3N3O3S/c1-33-20-5-3-2-4-14(20)6-7-16-12-15(8-10-27-16)19-13-17-18(9-11-28-21(17)30)29(19)32-22(31)23(24,25)26/h2-8,10,12-13H,9,11H2,1H3,(H,28,30). The Balaban J connectivity index is 1.74. The molecule has 0 bridgehead atoms. The van der Waals surface area contributed by atoms with E-state index in [-0.39, 0.29) is 29.9 Å². The molecule has 0 aliphatic carbocycles. The van der Waals surface area contributed by atoms with Crippen LogP contribution in [0.25, 0.3) is 23.4 Å². The number of benzene rings is 1. The van der Waals surface area contributed by atoms with Crippen LogP contribution in [0.2, 0.25) is 0 Å². The first-order valence-electron chi connectivity index (χ1n) is 9.88. The maximum Gasteiger partial charge on any atom is 0.493 e. The smallest absolute Gasteiger partial charge is 0.352 e. The van der Waals surface area contributed by atoms with Gasteiger partial charge in [-0.05, 0) is 42.2 Å². The fourth-order valence-electron chi connectivity index (χ4n) is 3.47. The Hall–Kier alpha value is -3.53. The molecule has 1 aliphatic rings. The molecular weight excluding hydrogens is 455 g/mol. The molecule has 33 heavy (non-hydrogen) atoms. The lowest BCUT2D eigenvalue weighted by Crippen LogP contribution is -2.37. The minimum Gasteiger partial charge on any atom is -0.352 e. The normalized spacial score (nSPS) is 13.6. The molecule has 3 aromatic rings. The topological polar surface area (TPSA) is 73.2 Å². The molecule has 1 aromatic carbocycles. The molecule has 10 heteroatoms. The Morgan fingerprint density at radius 2 is 2.00 bits per heavy atom. The fourth-order valence-corrected chi connectivity index (χ4v) is 4.06. The molecule has 2 aromatic heterocycles. The number of pyridine rings is 1. The second kappa shape index (κ2) is 9.14. The van der Waals surface area contributed by atoms with Crippen LogP contribution < -0.4 is 10.2 Å². The van der Waals surface area contributed by atoms with Crippen molar-refractivity contribution in [2.24, 2.45) is 0 Å². The Morgan fingerprint density at radius 3 is 2.76 bits per heavy atom. The van der Waals surface area contributed by atoms with Gasteiger partial charge in [0.05, 0.1) is 22.6 Å². The molecular formula is C23H18F3N3O3S. The zero-order valence-electron chi connectivity index (χ0n) is 17.3. The van der Waals surface area contributed by atoms with E-state index in [1.54, 1.807) is 30.0 Å². The molecule has 0 atom stereocenters. The quantitative estimate of drug-likeness (QED) is 0.561. The van der Waals surface area contributed by atoms with Crippen LogP contribution >= 0.6 is 11.8 Å². The number of hydrogen-bond donors (Lipinski definition) is 1. The van der Waals surface area contributed by atoms with Crippen LogP contribution in [0.15, 0.2) is 53.6 Å². The lowest BCUT2D eigenvalue weighted by atomic mass is 10.1. The number of carbonyl (C=O) groups is 2. The van der Waals surface area contributed by atoms with Gasteiger partial charge in [0.15, 0.2) is 0 Å². The SMILES string of the molecule is CSc1ccccc1C=Cc1cc(-c2cc3c(n2OC(=O)C(F)(F)F)CCNC3=O)ccn1. The van der Waals surface area contributed by atoms with Gasteiger partial charge < -0.3 is 10.2 Å².